The number of phenolic OH excluding ortho intramolecular Hbond substituents is 1. The molecule has 0 bridgehead atoms. The van der Waals surface area contributed by atoms with Crippen molar-refractivity contribution < 1.29 is 9.90 Å². The van der Waals surface area contributed by atoms with E-state index >= 15 is 0 Å². The summed E-state index contributed by atoms with van der Waals surface area (Å²) in [5.41, 5.74) is 6.21. The van der Waals surface area contributed by atoms with Crippen molar-refractivity contribution in [2.24, 2.45) is 5.10 Å². The van der Waals surface area contributed by atoms with Gasteiger partial charge in [-0.3, -0.25) is 4.79 Å². The van der Waals surface area contributed by atoms with E-state index in [1.54, 1.807) is 24.4 Å². The average molecular weight is 452 g/mol. The second-order valence-corrected chi connectivity index (χ2v) is 8.08. The van der Waals surface area contributed by atoms with E-state index in [1.165, 1.54) is 0 Å². The molecule has 0 radical (unpaired) electrons. The van der Waals surface area contributed by atoms with Crippen molar-refractivity contribution in [1.82, 2.24) is 9.99 Å². The maximum Gasteiger partial charge on any atom is 0.275 e. The second-order valence-electron chi connectivity index (χ2n) is 7.21. The minimum Gasteiger partial charge on any atom is -0.507 e. The molecule has 0 saturated heterocycles. The van der Waals surface area contributed by atoms with Crippen LogP contribution >= 0.6 is 23.2 Å². The van der Waals surface area contributed by atoms with Crippen molar-refractivity contribution in [1.29, 1.82) is 0 Å². The first-order valence-corrected chi connectivity index (χ1v) is 10.3. The molecule has 5 nitrogen and oxygen atoms in total. The molecular weight excluding hydrogens is 433 g/mol. The number of phenols is 1. The minimum atomic E-state index is -0.491. The summed E-state index contributed by atoms with van der Waals surface area (Å²) in [4.78, 5) is 12.5. The summed E-state index contributed by atoms with van der Waals surface area (Å²) in [5, 5.41) is 17.1. The molecule has 0 saturated carbocycles. The molecule has 1 aromatic heterocycles. The van der Waals surface area contributed by atoms with Crippen molar-refractivity contribution in [3.8, 4) is 11.4 Å². The van der Waals surface area contributed by atoms with E-state index in [0.717, 1.165) is 33.4 Å². The van der Waals surface area contributed by atoms with Crippen molar-refractivity contribution in [3.05, 3.63) is 93.2 Å². The van der Waals surface area contributed by atoms with E-state index in [2.05, 4.69) is 10.5 Å². The van der Waals surface area contributed by atoms with E-state index in [1.807, 2.05) is 60.9 Å². The predicted molar refractivity (Wildman–Crippen MR) is 126 cm³/mol. The summed E-state index contributed by atoms with van der Waals surface area (Å²) in [6.07, 6.45) is 1.57. The lowest BCUT2D eigenvalue weighted by atomic mass is 10.1. The Morgan fingerprint density at radius 1 is 1.00 bits per heavy atom. The molecule has 0 atom stereocenters. The summed E-state index contributed by atoms with van der Waals surface area (Å²) in [5.74, 6) is -0.586. The van der Waals surface area contributed by atoms with Crippen LogP contribution in [0.2, 0.25) is 10.0 Å². The Balaban J connectivity index is 1.57. The fourth-order valence-corrected chi connectivity index (χ4v) is 4.13. The van der Waals surface area contributed by atoms with Crippen molar-refractivity contribution >= 4 is 46.1 Å². The Hall–Kier alpha value is -3.28. The van der Waals surface area contributed by atoms with E-state index in [-0.39, 0.29) is 11.3 Å². The van der Waals surface area contributed by atoms with Gasteiger partial charge in [-0.15, -0.1) is 0 Å². The van der Waals surface area contributed by atoms with E-state index in [9.17, 15) is 9.90 Å². The lowest BCUT2D eigenvalue weighted by molar-refractivity contribution is 0.0952. The number of rotatable bonds is 4. The summed E-state index contributed by atoms with van der Waals surface area (Å²) >= 11 is 12.3. The third-order valence-corrected chi connectivity index (χ3v) is 5.49. The molecule has 156 valence electrons. The lowest BCUT2D eigenvalue weighted by Gasteiger charge is -2.10. The number of fused-ring (bicyclic) bond motifs is 1. The number of amides is 1. The highest BCUT2D eigenvalue weighted by molar-refractivity contribution is 6.34. The number of benzene rings is 3. The van der Waals surface area contributed by atoms with Crippen LogP contribution in [-0.4, -0.2) is 21.8 Å². The molecule has 0 spiro atoms. The molecule has 4 rings (SSSR count). The number of nitrogens with one attached hydrogen (secondary N) is 1. The molecule has 7 heteroatoms. The van der Waals surface area contributed by atoms with Gasteiger partial charge in [0.1, 0.15) is 5.75 Å². The first-order chi connectivity index (χ1) is 14.8. The van der Waals surface area contributed by atoms with E-state index < -0.39 is 5.91 Å². The molecule has 1 heterocycles. The Morgan fingerprint density at radius 3 is 2.32 bits per heavy atom. The number of hydrazone groups is 1. The van der Waals surface area contributed by atoms with Gasteiger partial charge in [0.25, 0.3) is 5.91 Å². The monoisotopic (exact) mass is 451 g/mol. The highest BCUT2D eigenvalue weighted by Crippen LogP contribution is 2.27. The second kappa shape index (κ2) is 8.46. The largest absolute Gasteiger partial charge is 0.507 e. The molecular formula is C24H19Cl2N3O2. The Kier molecular flexibility index (Phi) is 5.72. The van der Waals surface area contributed by atoms with Crippen LogP contribution in [0.3, 0.4) is 0 Å². The molecule has 4 aromatic rings. The Labute approximate surface area is 189 Å². The van der Waals surface area contributed by atoms with Gasteiger partial charge < -0.3 is 9.67 Å². The van der Waals surface area contributed by atoms with Crippen LogP contribution in [0.15, 0.2) is 65.8 Å². The summed E-state index contributed by atoms with van der Waals surface area (Å²) in [6.45, 7) is 3.91. The van der Waals surface area contributed by atoms with Gasteiger partial charge >= 0.3 is 0 Å². The number of aromatic hydroxyl groups is 1. The SMILES string of the molecule is Cc1cc(/C=N\NC(=O)c2cc3ccccc3cc2O)c(C)n1-c1cc(Cl)cc(Cl)c1. The van der Waals surface area contributed by atoms with Gasteiger partial charge in [-0.1, -0.05) is 47.5 Å². The lowest BCUT2D eigenvalue weighted by Crippen LogP contribution is -2.17. The maximum atomic E-state index is 12.5. The van der Waals surface area contributed by atoms with Crippen LogP contribution < -0.4 is 5.43 Å². The number of nitrogens with zero attached hydrogens (tertiary/aromatic N) is 2. The Morgan fingerprint density at radius 2 is 1.65 bits per heavy atom. The summed E-state index contributed by atoms with van der Waals surface area (Å²) < 4.78 is 2.01. The van der Waals surface area contributed by atoms with E-state index in [4.69, 9.17) is 23.2 Å². The van der Waals surface area contributed by atoms with Gasteiger partial charge in [0.05, 0.1) is 11.8 Å². The number of halogens is 2. The van der Waals surface area contributed by atoms with Crippen LogP contribution in [0.25, 0.3) is 16.5 Å². The van der Waals surface area contributed by atoms with Crippen LogP contribution in [0.1, 0.15) is 27.3 Å². The fraction of sp³-hybridized carbons (Fsp3) is 0.0833. The van der Waals surface area contributed by atoms with Crippen LogP contribution in [0, 0.1) is 13.8 Å². The standard InChI is InChI=1S/C24H19Cl2N3O2/c1-14-7-18(15(2)29(14)21-11-19(25)10-20(26)12-21)13-27-28-24(31)22-8-16-5-3-4-6-17(16)9-23(22)30/h3-13,30H,1-2H3,(H,28,31)/b27-13-. The van der Waals surface area contributed by atoms with Gasteiger partial charge in [-0.25, -0.2) is 5.43 Å². The van der Waals surface area contributed by atoms with Crippen molar-refractivity contribution in [2.45, 2.75) is 13.8 Å². The zero-order chi connectivity index (χ0) is 22.1. The van der Waals surface area contributed by atoms with Gasteiger partial charge in [-0.2, -0.15) is 5.10 Å². The third kappa shape index (κ3) is 4.29. The minimum absolute atomic E-state index is 0.0950. The zero-order valence-corrected chi connectivity index (χ0v) is 18.4. The van der Waals surface area contributed by atoms with Gasteiger partial charge in [0, 0.05) is 32.7 Å². The Bertz CT molecular complexity index is 1320. The molecule has 0 aliphatic carbocycles. The summed E-state index contributed by atoms with van der Waals surface area (Å²) in [6, 6.07) is 18.0. The van der Waals surface area contributed by atoms with Gasteiger partial charge in [0.15, 0.2) is 0 Å². The van der Waals surface area contributed by atoms with Crippen LogP contribution in [0.4, 0.5) is 0 Å². The summed E-state index contributed by atoms with van der Waals surface area (Å²) in [7, 11) is 0. The third-order valence-electron chi connectivity index (χ3n) is 5.05. The van der Waals surface area contributed by atoms with Gasteiger partial charge in [-0.05, 0) is 61.0 Å². The van der Waals surface area contributed by atoms with Gasteiger partial charge in [0.2, 0.25) is 0 Å². The van der Waals surface area contributed by atoms with Crippen LogP contribution in [0.5, 0.6) is 5.75 Å². The quantitative estimate of drug-likeness (QED) is 0.294. The molecule has 1 amide bonds. The molecule has 0 unspecified atom stereocenters. The maximum absolute atomic E-state index is 12.5. The molecule has 31 heavy (non-hydrogen) atoms. The fourth-order valence-electron chi connectivity index (χ4n) is 3.61. The van der Waals surface area contributed by atoms with Crippen molar-refractivity contribution in [3.63, 3.8) is 0 Å². The highest BCUT2D eigenvalue weighted by atomic mass is 35.5. The smallest absolute Gasteiger partial charge is 0.275 e. The number of carbonyl (C=O) groups is 1. The number of hydrogen-bond acceptors (Lipinski definition) is 3. The molecule has 0 fully saturated rings. The van der Waals surface area contributed by atoms with Crippen LogP contribution in [-0.2, 0) is 0 Å². The highest BCUT2D eigenvalue weighted by Gasteiger charge is 2.13. The number of hydrogen-bond donors (Lipinski definition) is 2. The number of carbonyl (C=O) groups excluding carboxylic acids is 1. The topological polar surface area (TPSA) is 66.6 Å². The predicted octanol–water partition coefficient (Wildman–Crippen LogP) is 6.02. The molecule has 0 aliphatic rings. The van der Waals surface area contributed by atoms with E-state index in [0.29, 0.717) is 10.0 Å². The normalized spacial score (nSPS) is 11.4. The first kappa shape index (κ1) is 21.0. The molecule has 0 aliphatic heterocycles. The number of aryl methyl sites for hydroxylation is 1. The number of aromatic nitrogens is 1. The zero-order valence-electron chi connectivity index (χ0n) is 16.9. The molecule has 3 aromatic carbocycles. The average Bonchev–Trinajstić information content (AvgIpc) is 2.99. The first-order valence-electron chi connectivity index (χ1n) is 9.54. The van der Waals surface area contributed by atoms with Crippen molar-refractivity contribution in [2.75, 3.05) is 0 Å². The molecule has 2 N–H and O–H groups in total.